The zero-order valence-electron chi connectivity index (χ0n) is 24.3. The lowest BCUT2D eigenvalue weighted by Gasteiger charge is -2.33. The second-order valence-corrected chi connectivity index (χ2v) is 6.65. The van der Waals surface area contributed by atoms with Crippen molar-refractivity contribution in [2.75, 3.05) is 11.4 Å². The maximum atomic E-state index is 8.65. The maximum absolute atomic E-state index is 8.65. The number of aromatic nitrogens is 1. The molecule has 0 radical (unpaired) electrons. The van der Waals surface area contributed by atoms with Crippen molar-refractivity contribution in [3.05, 3.63) is 5.38 Å². The number of rotatable bonds is 2. The Hall–Kier alpha value is -0.585. The summed E-state index contributed by atoms with van der Waals surface area (Å²) >= 11 is 0.655. The highest BCUT2D eigenvalue weighted by atomic mass is 32.1. The van der Waals surface area contributed by atoms with E-state index >= 15 is 0 Å². The van der Waals surface area contributed by atoms with Crippen molar-refractivity contribution in [3.8, 4) is 0 Å². The van der Waals surface area contributed by atoms with Gasteiger partial charge in [-0.25, -0.2) is 4.98 Å². The molecular weight excluding hydrogens is 283 g/mol. The predicted molar refractivity (Wildman–Crippen MR) is 88.5 cm³/mol. The van der Waals surface area contributed by atoms with Crippen LogP contribution in [0.2, 0.25) is 0 Å². The lowest BCUT2D eigenvalue weighted by atomic mass is 9.86. The molecule has 1 aromatic heterocycles. The number of hydrogen-bond acceptors (Lipinski definition) is 5. The van der Waals surface area contributed by atoms with Crippen molar-refractivity contribution in [1.29, 1.82) is 0 Å². The van der Waals surface area contributed by atoms with E-state index in [0.29, 0.717) is 11.3 Å². The number of piperidine rings is 1. The Morgan fingerprint density at radius 3 is 2.81 bits per heavy atom. The van der Waals surface area contributed by atoms with Gasteiger partial charge in [0, 0.05) is 33.0 Å². The molecule has 2 aliphatic heterocycles. The SMILES string of the molecule is [2H]C([2H])([2H])C1([2H])N(c2nc(B3OC(C)(C)C(C)(C)O3)cs2)C([2H])([2H])C([2H])([2H])C([2H])([2H])C1([2H])[2H]. The van der Waals surface area contributed by atoms with E-state index in [1.165, 1.54) is 5.38 Å². The zero-order valence-corrected chi connectivity index (χ0v) is 13.1. The summed E-state index contributed by atoms with van der Waals surface area (Å²) < 4.78 is 110. The van der Waals surface area contributed by atoms with Crippen LogP contribution in [0.3, 0.4) is 0 Å². The van der Waals surface area contributed by atoms with Crippen LogP contribution in [-0.2, 0) is 9.31 Å². The normalized spacial score (nSPS) is 50.3. The minimum absolute atomic E-state index is 0.104. The second kappa shape index (κ2) is 5.25. The van der Waals surface area contributed by atoms with Crippen LogP contribution in [0.25, 0.3) is 0 Å². The Bertz CT molecular complexity index is 934. The van der Waals surface area contributed by atoms with Gasteiger partial charge in [0.2, 0.25) is 0 Å². The van der Waals surface area contributed by atoms with Gasteiger partial charge in [0.05, 0.1) is 18.2 Å². The molecule has 4 nitrogen and oxygen atoms in total. The number of thiazole rings is 1. The van der Waals surface area contributed by atoms with Gasteiger partial charge >= 0.3 is 7.12 Å². The fourth-order valence-corrected chi connectivity index (χ4v) is 2.67. The third-order valence-corrected chi connectivity index (χ3v) is 4.67. The number of hydrogen-bond donors (Lipinski definition) is 0. The van der Waals surface area contributed by atoms with Gasteiger partial charge in [0.15, 0.2) is 5.13 Å². The quantitative estimate of drug-likeness (QED) is 0.785. The molecule has 0 bridgehead atoms. The Balaban J connectivity index is 2.21. The van der Waals surface area contributed by atoms with E-state index in [1.807, 2.05) is 0 Å². The maximum Gasteiger partial charge on any atom is 0.515 e. The number of anilines is 1. The molecule has 0 aliphatic carbocycles. The predicted octanol–water partition coefficient (Wildman–Crippen LogP) is 2.82. The van der Waals surface area contributed by atoms with E-state index in [-0.39, 0.29) is 10.5 Å². The van der Waals surface area contributed by atoms with Crippen LogP contribution >= 0.6 is 11.3 Å². The smallest absolute Gasteiger partial charge is 0.398 e. The minimum Gasteiger partial charge on any atom is -0.398 e. The molecular formula is C15H25BN2O2S. The Morgan fingerprint density at radius 2 is 2.14 bits per heavy atom. The summed E-state index contributed by atoms with van der Waals surface area (Å²) in [5.74, 6) is 0. The largest absolute Gasteiger partial charge is 0.515 e. The fraction of sp³-hybridized carbons (Fsp3) is 0.800. The zero-order chi connectivity index (χ0) is 25.8. The first-order valence-corrected chi connectivity index (χ1v) is 7.39. The van der Waals surface area contributed by atoms with Gasteiger partial charge in [-0.05, 0) is 53.7 Å². The van der Waals surface area contributed by atoms with Crippen molar-refractivity contribution >= 4 is 29.2 Å². The molecule has 3 heterocycles. The average molecular weight is 320 g/mol. The molecule has 21 heavy (non-hydrogen) atoms. The van der Waals surface area contributed by atoms with Crippen molar-refractivity contribution in [1.82, 2.24) is 4.98 Å². The monoisotopic (exact) mass is 320 g/mol. The first-order chi connectivity index (χ1) is 14.4. The van der Waals surface area contributed by atoms with Gasteiger partial charge in [-0.1, -0.05) is 0 Å². The van der Waals surface area contributed by atoms with Crippen LogP contribution in [0.4, 0.5) is 5.13 Å². The van der Waals surface area contributed by atoms with E-state index in [9.17, 15) is 0 Å². The standard InChI is InChI=1S/C15H25BN2O2S/c1-11-8-6-7-9-18(11)13-17-12(10-21-13)16-19-14(2,3)15(4,5)20-16/h10-11H,6-9H2,1-5H3/i1D3,6D2,7D2,8D2,9D2,11D. The van der Waals surface area contributed by atoms with Crippen LogP contribution in [0.15, 0.2) is 5.38 Å². The van der Waals surface area contributed by atoms with Gasteiger partial charge in [-0.15, -0.1) is 11.3 Å². The van der Waals surface area contributed by atoms with Gasteiger partial charge in [0.25, 0.3) is 0 Å². The summed E-state index contributed by atoms with van der Waals surface area (Å²) in [5, 5.41) is 0.848. The third kappa shape index (κ3) is 2.73. The van der Waals surface area contributed by atoms with E-state index < -0.39 is 61.9 Å². The first kappa shape index (κ1) is 6.50. The Kier molecular flexibility index (Phi) is 1.62. The van der Waals surface area contributed by atoms with Crippen LogP contribution in [-0.4, -0.2) is 35.8 Å². The summed E-state index contributed by atoms with van der Waals surface area (Å²) in [7, 11) is -1.02. The summed E-state index contributed by atoms with van der Waals surface area (Å²) in [4.78, 5) is 4.26. The van der Waals surface area contributed by atoms with Crippen molar-refractivity contribution < 1.29 is 25.8 Å². The lowest BCUT2D eigenvalue weighted by Crippen LogP contribution is -2.41. The molecule has 2 fully saturated rings. The topological polar surface area (TPSA) is 34.6 Å². The molecule has 0 N–H and O–H groups in total. The van der Waals surface area contributed by atoms with E-state index in [4.69, 9.17) is 25.8 Å². The van der Waals surface area contributed by atoms with Crippen LogP contribution < -0.4 is 10.5 Å². The highest BCUT2D eigenvalue weighted by molar-refractivity contribution is 7.14. The molecule has 116 valence electrons. The van der Waals surface area contributed by atoms with Crippen molar-refractivity contribution in [2.45, 2.75) is 70.9 Å². The van der Waals surface area contributed by atoms with Crippen LogP contribution in [0, 0.1) is 0 Å². The summed E-state index contributed by atoms with van der Waals surface area (Å²) in [6.07, 6.45) is -10.9. The molecule has 1 aromatic rings. The van der Waals surface area contributed by atoms with E-state index in [2.05, 4.69) is 4.98 Å². The molecule has 2 aliphatic rings. The lowest BCUT2D eigenvalue weighted by molar-refractivity contribution is 0.00578. The van der Waals surface area contributed by atoms with E-state index in [1.54, 1.807) is 27.7 Å². The Labute approximate surface area is 148 Å². The fourth-order valence-electron chi connectivity index (χ4n) is 1.88. The van der Waals surface area contributed by atoms with Crippen LogP contribution in [0.5, 0.6) is 0 Å². The highest BCUT2D eigenvalue weighted by Crippen LogP contribution is 2.37. The Morgan fingerprint density at radius 1 is 1.43 bits per heavy atom. The van der Waals surface area contributed by atoms with Crippen molar-refractivity contribution in [2.24, 2.45) is 0 Å². The second-order valence-electron chi connectivity index (χ2n) is 5.81. The third-order valence-electron chi connectivity index (χ3n) is 3.83. The average Bonchev–Trinajstić information content (AvgIpc) is 3.14. The molecule has 1 atom stereocenters. The summed E-state index contributed by atoms with van der Waals surface area (Å²) in [5.41, 5.74) is -1.39. The molecule has 2 saturated heterocycles. The summed E-state index contributed by atoms with van der Waals surface area (Å²) in [6.45, 7) is 0.0970. The summed E-state index contributed by atoms with van der Waals surface area (Å²) in [6, 6.07) is -3.57. The van der Waals surface area contributed by atoms with Gasteiger partial charge in [-0.3, -0.25) is 0 Å². The molecule has 0 aromatic carbocycles. The minimum atomic E-state index is -3.68. The molecule has 1 unspecified atom stereocenters. The van der Waals surface area contributed by atoms with Gasteiger partial charge in [0.1, 0.15) is 0 Å². The van der Waals surface area contributed by atoms with Gasteiger partial charge < -0.3 is 14.2 Å². The van der Waals surface area contributed by atoms with Gasteiger partial charge in [-0.2, -0.15) is 0 Å². The first-order valence-electron chi connectivity index (χ1n) is 12.5. The van der Waals surface area contributed by atoms with E-state index in [0.717, 1.165) is 0 Å². The molecule has 6 heteroatoms. The molecule has 0 spiro atoms. The molecule has 0 amide bonds. The highest BCUT2D eigenvalue weighted by Gasteiger charge is 2.52. The molecule has 3 rings (SSSR count). The van der Waals surface area contributed by atoms with Crippen molar-refractivity contribution in [3.63, 3.8) is 0 Å². The number of nitrogens with zero attached hydrogens (tertiary/aromatic N) is 2. The molecule has 0 saturated carbocycles. The van der Waals surface area contributed by atoms with Crippen LogP contribution in [0.1, 0.15) is 70.1 Å².